The molecule has 0 aromatic heterocycles. The van der Waals surface area contributed by atoms with E-state index in [4.69, 9.17) is 9.47 Å². The molecule has 8 heteroatoms. The SMILES string of the molecule is CCOc1ccc(NS(=O)(=O)c2cccc(C(=O)NC3CCCOC3)c2)cc1. The zero-order valence-electron chi connectivity index (χ0n) is 15.7. The second-order valence-corrected chi connectivity index (χ2v) is 8.16. The van der Waals surface area contributed by atoms with Gasteiger partial charge in [0.1, 0.15) is 5.75 Å². The van der Waals surface area contributed by atoms with Gasteiger partial charge in [-0.3, -0.25) is 9.52 Å². The van der Waals surface area contributed by atoms with Gasteiger partial charge in [-0.15, -0.1) is 0 Å². The van der Waals surface area contributed by atoms with E-state index in [1.165, 1.54) is 12.1 Å². The maximum atomic E-state index is 12.7. The molecule has 2 aromatic carbocycles. The third-order valence-electron chi connectivity index (χ3n) is 4.32. The highest BCUT2D eigenvalue weighted by Gasteiger charge is 2.20. The minimum atomic E-state index is -3.82. The first-order valence-electron chi connectivity index (χ1n) is 9.22. The standard InChI is InChI=1S/C20H24N2O5S/c1-2-27-18-10-8-16(9-11-18)22-28(24,25)19-7-3-5-15(13-19)20(23)21-17-6-4-12-26-14-17/h3,5,7-11,13,17,22H,2,4,6,12,14H2,1H3,(H,21,23). The van der Waals surface area contributed by atoms with E-state index in [1.54, 1.807) is 36.4 Å². The normalized spacial score (nSPS) is 17.0. The number of benzene rings is 2. The van der Waals surface area contributed by atoms with Crippen molar-refractivity contribution in [2.75, 3.05) is 24.5 Å². The van der Waals surface area contributed by atoms with Crippen LogP contribution in [0.15, 0.2) is 53.4 Å². The maximum Gasteiger partial charge on any atom is 0.261 e. The minimum Gasteiger partial charge on any atom is -0.494 e. The molecule has 2 N–H and O–H groups in total. The fraction of sp³-hybridized carbons (Fsp3) is 0.350. The molecule has 150 valence electrons. The average molecular weight is 404 g/mol. The fourth-order valence-corrected chi connectivity index (χ4v) is 4.03. The van der Waals surface area contributed by atoms with Crippen LogP contribution in [0.3, 0.4) is 0 Å². The van der Waals surface area contributed by atoms with Crippen LogP contribution in [0.4, 0.5) is 5.69 Å². The minimum absolute atomic E-state index is 0.0222. The number of hydrogen-bond donors (Lipinski definition) is 2. The number of ether oxygens (including phenoxy) is 2. The zero-order valence-corrected chi connectivity index (χ0v) is 16.5. The Hall–Kier alpha value is -2.58. The van der Waals surface area contributed by atoms with Gasteiger partial charge in [0.25, 0.3) is 15.9 Å². The number of carbonyl (C=O) groups excluding carboxylic acids is 1. The summed E-state index contributed by atoms with van der Waals surface area (Å²) >= 11 is 0. The van der Waals surface area contributed by atoms with Gasteiger partial charge in [0, 0.05) is 17.9 Å². The van der Waals surface area contributed by atoms with E-state index in [0.717, 1.165) is 12.8 Å². The Morgan fingerprint density at radius 3 is 2.68 bits per heavy atom. The topological polar surface area (TPSA) is 93.7 Å². The third-order valence-corrected chi connectivity index (χ3v) is 5.70. The molecule has 0 spiro atoms. The Labute approximate surface area is 165 Å². The van der Waals surface area contributed by atoms with Crippen molar-refractivity contribution in [3.63, 3.8) is 0 Å². The van der Waals surface area contributed by atoms with Crippen LogP contribution in [0, 0.1) is 0 Å². The summed E-state index contributed by atoms with van der Waals surface area (Å²) in [5.74, 6) is 0.351. The molecular weight excluding hydrogens is 380 g/mol. The van der Waals surface area contributed by atoms with E-state index in [0.29, 0.717) is 36.8 Å². The zero-order chi connectivity index (χ0) is 20.0. The van der Waals surface area contributed by atoms with Crippen molar-refractivity contribution >= 4 is 21.6 Å². The smallest absolute Gasteiger partial charge is 0.261 e. The van der Waals surface area contributed by atoms with Crippen LogP contribution in [-0.2, 0) is 14.8 Å². The number of sulfonamides is 1. The Balaban J connectivity index is 1.71. The van der Waals surface area contributed by atoms with Crippen molar-refractivity contribution in [2.24, 2.45) is 0 Å². The maximum absolute atomic E-state index is 12.7. The van der Waals surface area contributed by atoms with E-state index in [2.05, 4.69) is 10.0 Å². The van der Waals surface area contributed by atoms with Crippen molar-refractivity contribution < 1.29 is 22.7 Å². The third kappa shape index (κ3) is 5.24. The molecule has 1 atom stereocenters. The fourth-order valence-electron chi connectivity index (χ4n) is 2.93. The molecule has 1 heterocycles. The molecule has 0 aliphatic carbocycles. The molecule has 1 unspecified atom stereocenters. The monoisotopic (exact) mass is 404 g/mol. The molecule has 3 rings (SSSR count). The highest BCUT2D eigenvalue weighted by atomic mass is 32.2. The average Bonchev–Trinajstić information content (AvgIpc) is 2.70. The Kier molecular flexibility index (Phi) is 6.53. The summed E-state index contributed by atoms with van der Waals surface area (Å²) in [5.41, 5.74) is 0.706. The van der Waals surface area contributed by atoms with Gasteiger partial charge < -0.3 is 14.8 Å². The van der Waals surface area contributed by atoms with Crippen LogP contribution in [0.5, 0.6) is 5.75 Å². The van der Waals surface area contributed by atoms with Gasteiger partial charge in [-0.25, -0.2) is 8.42 Å². The molecule has 0 radical (unpaired) electrons. The van der Waals surface area contributed by atoms with E-state index in [-0.39, 0.29) is 16.8 Å². The second kappa shape index (κ2) is 9.07. The van der Waals surface area contributed by atoms with Crippen LogP contribution in [0.1, 0.15) is 30.1 Å². The Bertz CT molecular complexity index is 906. The van der Waals surface area contributed by atoms with Gasteiger partial charge in [0.05, 0.1) is 24.2 Å². The van der Waals surface area contributed by atoms with E-state index < -0.39 is 10.0 Å². The summed E-state index contributed by atoms with van der Waals surface area (Å²) in [6.07, 6.45) is 1.74. The van der Waals surface area contributed by atoms with Crippen LogP contribution >= 0.6 is 0 Å². The number of hydrogen-bond acceptors (Lipinski definition) is 5. The van der Waals surface area contributed by atoms with Gasteiger partial charge in [0.15, 0.2) is 0 Å². The molecule has 28 heavy (non-hydrogen) atoms. The highest BCUT2D eigenvalue weighted by Crippen LogP contribution is 2.20. The lowest BCUT2D eigenvalue weighted by molar-refractivity contribution is 0.0624. The number of nitrogens with one attached hydrogen (secondary N) is 2. The summed E-state index contributed by atoms with van der Waals surface area (Å²) in [7, 11) is -3.82. The molecule has 2 aromatic rings. The first kappa shape index (κ1) is 20.2. The number of amides is 1. The lowest BCUT2D eigenvalue weighted by Gasteiger charge is -2.23. The summed E-state index contributed by atoms with van der Waals surface area (Å²) in [6, 6.07) is 12.6. The van der Waals surface area contributed by atoms with Gasteiger partial charge in [-0.2, -0.15) is 0 Å². The first-order chi connectivity index (χ1) is 13.5. The Morgan fingerprint density at radius 2 is 2.00 bits per heavy atom. The van der Waals surface area contributed by atoms with Gasteiger partial charge in [-0.1, -0.05) is 6.07 Å². The van der Waals surface area contributed by atoms with Crippen LogP contribution in [0.2, 0.25) is 0 Å². The number of anilines is 1. The van der Waals surface area contributed by atoms with Crippen LogP contribution in [0.25, 0.3) is 0 Å². The molecule has 7 nitrogen and oxygen atoms in total. The first-order valence-corrected chi connectivity index (χ1v) is 10.7. The van der Waals surface area contributed by atoms with Gasteiger partial charge >= 0.3 is 0 Å². The number of rotatable bonds is 7. The van der Waals surface area contributed by atoms with Crippen LogP contribution in [-0.4, -0.2) is 40.2 Å². The molecule has 1 saturated heterocycles. The van der Waals surface area contributed by atoms with Crippen LogP contribution < -0.4 is 14.8 Å². The largest absolute Gasteiger partial charge is 0.494 e. The predicted molar refractivity (Wildman–Crippen MR) is 106 cm³/mol. The molecule has 0 bridgehead atoms. The molecule has 1 amide bonds. The van der Waals surface area contributed by atoms with Crippen molar-refractivity contribution in [2.45, 2.75) is 30.7 Å². The summed E-state index contributed by atoms with van der Waals surface area (Å²) in [5, 5.41) is 2.89. The summed E-state index contributed by atoms with van der Waals surface area (Å²) in [4.78, 5) is 12.5. The molecule has 1 aliphatic rings. The van der Waals surface area contributed by atoms with Gasteiger partial charge in [-0.05, 0) is 62.2 Å². The molecule has 1 aliphatic heterocycles. The highest BCUT2D eigenvalue weighted by molar-refractivity contribution is 7.92. The van der Waals surface area contributed by atoms with E-state index in [1.807, 2.05) is 6.92 Å². The van der Waals surface area contributed by atoms with E-state index in [9.17, 15) is 13.2 Å². The lowest BCUT2D eigenvalue weighted by Crippen LogP contribution is -2.40. The molecule has 1 fully saturated rings. The quantitative estimate of drug-likeness (QED) is 0.740. The Morgan fingerprint density at radius 1 is 1.21 bits per heavy atom. The lowest BCUT2D eigenvalue weighted by atomic mass is 10.1. The number of carbonyl (C=O) groups is 1. The van der Waals surface area contributed by atoms with Crippen molar-refractivity contribution in [1.82, 2.24) is 5.32 Å². The predicted octanol–water partition coefficient (Wildman–Crippen LogP) is 2.79. The molecular formula is C20H24N2O5S. The van der Waals surface area contributed by atoms with Crippen molar-refractivity contribution in [3.05, 3.63) is 54.1 Å². The molecule has 0 saturated carbocycles. The van der Waals surface area contributed by atoms with Crippen molar-refractivity contribution in [1.29, 1.82) is 0 Å². The van der Waals surface area contributed by atoms with Gasteiger partial charge in [0.2, 0.25) is 0 Å². The second-order valence-electron chi connectivity index (χ2n) is 6.48. The van der Waals surface area contributed by atoms with E-state index >= 15 is 0 Å². The summed E-state index contributed by atoms with van der Waals surface area (Å²) < 4.78 is 38.6. The summed E-state index contributed by atoms with van der Waals surface area (Å²) in [6.45, 7) is 3.59. The van der Waals surface area contributed by atoms with Crippen molar-refractivity contribution in [3.8, 4) is 5.75 Å².